The van der Waals surface area contributed by atoms with Crippen LogP contribution in [0.15, 0.2) is 30.3 Å². The van der Waals surface area contributed by atoms with Gasteiger partial charge in [0.1, 0.15) is 0 Å². The van der Waals surface area contributed by atoms with Crippen molar-refractivity contribution in [1.82, 2.24) is 0 Å². The molecule has 1 aromatic carbocycles. The number of benzene rings is 1. The molecule has 0 saturated heterocycles. The number of hydrogen-bond donors (Lipinski definition) is 0. The van der Waals surface area contributed by atoms with Gasteiger partial charge in [0.2, 0.25) is 0 Å². The molecule has 0 spiro atoms. The van der Waals surface area contributed by atoms with Crippen LogP contribution in [0.2, 0.25) is 0 Å². The molecule has 0 N–H and O–H groups in total. The number of carbonyl (C=O) groups is 2. The molecule has 0 amide bonds. The quantitative estimate of drug-likeness (QED) is 0.164. The molecule has 0 unspecified atom stereocenters. The molecule has 0 radical (unpaired) electrons. The number of esters is 2. The Hall–Kier alpha value is -0.838. The van der Waals surface area contributed by atoms with Gasteiger partial charge in [-0.2, -0.15) is 0 Å². The van der Waals surface area contributed by atoms with Gasteiger partial charge < -0.3 is 42.0 Å². The van der Waals surface area contributed by atoms with Gasteiger partial charge in [0.05, 0.1) is 4.92 Å². The number of nitrogens with zero attached hydrogens (tertiary/aromatic N) is 1. The Labute approximate surface area is 145 Å². The largest absolute Gasteiger partial charge is 3.00 e. The second kappa shape index (κ2) is 18.2. The van der Waals surface area contributed by atoms with E-state index in [4.69, 9.17) is 0 Å². The first-order chi connectivity index (χ1) is 7.43. The molecule has 10 heteroatoms. The Morgan fingerprint density at radius 3 is 1.50 bits per heavy atom. The number of para-hydroxylation sites is 1. The topological polar surface area (TPSA) is 86.5 Å². The molecule has 0 fully saturated rings. The van der Waals surface area contributed by atoms with Gasteiger partial charge in [-0.15, -0.1) is 0 Å². The van der Waals surface area contributed by atoms with Crippen LogP contribution >= 0.6 is 0 Å². The average Bonchev–Trinajstić information content (AvgIpc) is 2.17. The molecule has 0 aliphatic rings. The molecule has 0 saturated carbocycles. The molecule has 1 aromatic rings. The molecular formula is C10H11AlCl3NO5. The third kappa shape index (κ3) is 19.5. The van der Waals surface area contributed by atoms with E-state index in [1.165, 1.54) is 26.0 Å². The van der Waals surface area contributed by atoms with Crippen molar-refractivity contribution in [1.29, 1.82) is 0 Å². The molecular weight excluding hydrogens is 347 g/mol. The van der Waals surface area contributed by atoms with Gasteiger partial charge in [0.15, 0.2) is 0 Å². The zero-order valence-electron chi connectivity index (χ0n) is 10.6. The maximum Gasteiger partial charge on any atom is 3.00 e. The van der Waals surface area contributed by atoms with Crippen LogP contribution in [-0.2, 0) is 14.3 Å². The van der Waals surface area contributed by atoms with Crippen molar-refractivity contribution in [2.45, 2.75) is 13.8 Å². The Morgan fingerprint density at radius 2 is 1.35 bits per heavy atom. The summed E-state index contributed by atoms with van der Waals surface area (Å²) in [5.74, 6) is -1.12. The molecule has 0 aliphatic carbocycles. The number of carbonyl (C=O) groups excluding carboxylic acids is 2. The normalized spacial score (nSPS) is 6.70. The zero-order valence-corrected chi connectivity index (χ0v) is 14.0. The van der Waals surface area contributed by atoms with Crippen molar-refractivity contribution in [3.8, 4) is 0 Å². The summed E-state index contributed by atoms with van der Waals surface area (Å²) >= 11 is 0. The summed E-state index contributed by atoms with van der Waals surface area (Å²) in [4.78, 5) is 29.2. The molecule has 0 atom stereocenters. The summed E-state index contributed by atoms with van der Waals surface area (Å²) in [7, 11) is 0. The fraction of sp³-hybridized carbons (Fsp3) is 0.200. The first-order valence-corrected chi connectivity index (χ1v) is 4.32. The van der Waals surface area contributed by atoms with Crippen molar-refractivity contribution >= 4 is 35.0 Å². The van der Waals surface area contributed by atoms with E-state index in [0.717, 1.165) is 0 Å². The fourth-order valence-corrected chi connectivity index (χ4v) is 0.752. The standard InChI is InChI=1S/C6H5NO2.C4H6O3.Al.3ClH/c8-7(9)6-4-2-1-3-5-6;1-3(5)7-4(2)6;;;;/h1-5H;1-2H3;;3*1H/q;;+3;;;/p-3. The average molecular weight is 359 g/mol. The minimum atomic E-state index is -0.562. The van der Waals surface area contributed by atoms with E-state index in [1.807, 2.05) is 0 Å². The SMILES string of the molecule is CC(=O)OC(C)=O.O=[N+]([O-])c1ccccc1.[Al+3].[Cl-].[Cl-].[Cl-]. The Bertz CT molecular complexity index is 380. The molecule has 6 nitrogen and oxygen atoms in total. The van der Waals surface area contributed by atoms with Crippen LogP contribution in [0.3, 0.4) is 0 Å². The maximum absolute atomic E-state index is 10.0. The van der Waals surface area contributed by atoms with Crippen LogP contribution in [0.1, 0.15) is 13.8 Å². The summed E-state index contributed by atoms with van der Waals surface area (Å²) in [6.07, 6.45) is 0. The first kappa shape index (κ1) is 31.5. The molecule has 0 bridgehead atoms. The van der Waals surface area contributed by atoms with E-state index in [1.54, 1.807) is 18.2 Å². The molecule has 0 aromatic heterocycles. The van der Waals surface area contributed by atoms with Gasteiger partial charge in [-0.05, 0) is 0 Å². The first-order valence-electron chi connectivity index (χ1n) is 4.32. The van der Waals surface area contributed by atoms with E-state index in [2.05, 4.69) is 4.74 Å². The molecule has 0 aliphatic heterocycles. The second-order valence-corrected chi connectivity index (χ2v) is 2.68. The number of non-ortho nitro benzene ring substituents is 1. The van der Waals surface area contributed by atoms with Crippen molar-refractivity contribution in [2.24, 2.45) is 0 Å². The molecule has 1 rings (SSSR count). The van der Waals surface area contributed by atoms with E-state index in [9.17, 15) is 19.7 Å². The summed E-state index contributed by atoms with van der Waals surface area (Å²) in [6.45, 7) is 2.36. The van der Waals surface area contributed by atoms with Crippen molar-refractivity contribution in [3.63, 3.8) is 0 Å². The minimum Gasteiger partial charge on any atom is -1.00 e. The van der Waals surface area contributed by atoms with Crippen LogP contribution < -0.4 is 37.2 Å². The number of nitro benzene ring substituents is 1. The predicted octanol–water partition coefficient (Wildman–Crippen LogP) is -7.68. The van der Waals surface area contributed by atoms with Crippen molar-refractivity contribution in [2.75, 3.05) is 0 Å². The van der Waals surface area contributed by atoms with Gasteiger partial charge in [-0.1, -0.05) is 18.2 Å². The molecule has 110 valence electrons. The zero-order chi connectivity index (χ0) is 12.6. The minimum absolute atomic E-state index is 0. The Kier molecular flexibility index (Phi) is 28.6. The van der Waals surface area contributed by atoms with Crippen molar-refractivity contribution < 1.29 is 56.5 Å². The number of ether oxygens (including phenoxy) is 1. The van der Waals surface area contributed by atoms with Crippen LogP contribution in [0.4, 0.5) is 5.69 Å². The molecule has 20 heavy (non-hydrogen) atoms. The summed E-state index contributed by atoms with van der Waals surface area (Å²) in [5, 5.41) is 10.0. The number of rotatable bonds is 1. The summed E-state index contributed by atoms with van der Waals surface area (Å²) in [6, 6.07) is 7.93. The van der Waals surface area contributed by atoms with Gasteiger partial charge in [-0.3, -0.25) is 19.7 Å². The van der Waals surface area contributed by atoms with E-state index < -0.39 is 16.9 Å². The van der Waals surface area contributed by atoms with Gasteiger partial charge in [-0.25, -0.2) is 0 Å². The molecule has 0 heterocycles. The third-order valence-corrected chi connectivity index (χ3v) is 1.25. The van der Waals surface area contributed by atoms with Gasteiger partial charge in [0.25, 0.3) is 5.69 Å². The van der Waals surface area contributed by atoms with Gasteiger partial charge >= 0.3 is 29.3 Å². The second-order valence-electron chi connectivity index (χ2n) is 2.68. The van der Waals surface area contributed by atoms with Crippen LogP contribution in [-0.4, -0.2) is 34.2 Å². The number of halogens is 3. The van der Waals surface area contributed by atoms with E-state index >= 15 is 0 Å². The van der Waals surface area contributed by atoms with Gasteiger partial charge in [0, 0.05) is 26.0 Å². The van der Waals surface area contributed by atoms with E-state index in [0.29, 0.717) is 0 Å². The third-order valence-electron chi connectivity index (χ3n) is 1.25. The van der Waals surface area contributed by atoms with E-state index in [-0.39, 0.29) is 60.3 Å². The van der Waals surface area contributed by atoms with Crippen molar-refractivity contribution in [3.05, 3.63) is 40.4 Å². The summed E-state index contributed by atoms with van der Waals surface area (Å²) < 4.78 is 3.97. The van der Waals surface area contributed by atoms with Crippen LogP contribution in [0.5, 0.6) is 0 Å². The number of hydrogen-bond acceptors (Lipinski definition) is 5. The van der Waals surface area contributed by atoms with Crippen LogP contribution in [0, 0.1) is 10.1 Å². The Balaban J connectivity index is -0.0000000640. The Morgan fingerprint density at radius 1 is 1.00 bits per heavy atom. The smallest absolute Gasteiger partial charge is 1.00 e. The maximum atomic E-state index is 10.0. The predicted molar refractivity (Wildman–Crippen MR) is 61.3 cm³/mol. The monoisotopic (exact) mass is 357 g/mol. The van der Waals surface area contributed by atoms with Crippen LogP contribution in [0.25, 0.3) is 0 Å². The summed E-state index contributed by atoms with van der Waals surface area (Å²) in [5.41, 5.74) is 0.137. The number of nitro groups is 1. The fourth-order valence-electron chi connectivity index (χ4n) is 0.752.